The first-order chi connectivity index (χ1) is 9.79. The first-order valence-corrected chi connectivity index (χ1v) is 8.05. The molecule has 20 heavy (non-hydrogen) atoms. The lowest BCUT2D eigenvalue weighted by molar-refractivity contribution is 0.252. The number of hydrogen-bond donors (Lipinski definition) is 1. The standard InChI is InChI=1S/C16H26ClN3/c1-18-8-3-2-4-9-19-10-12-20(13-11-19)16-7-5-6-15(17)14-16/h5-7,14,18H,2-4,8-13H2,1H3. The summed E-state index contributed by atoms with van der Waals surface area (Å²) in [5.74, 6) is 0. The predicted molar refractivity (Wildman–Crippen MR) is 87.9 cm³/mol. The Morgan fingerprint density at radius 2 is 1.90 bits per heavy atom. The zero-order chi connectivity index (χ0) is 14.2. The second-order valence-electron chi connectivity index (χ2n) is 5.47. The third-order valence-corrected chi connectivity index (χ3v) is 4.18. The number of nitrogens with zero attached hydrogens (tertiary/aromatic N) is 2. The van der Waals surface area contributed by atoms with Gasteiger partial charge < -0.3 is 10.2 Å². The molecule has 1 aromatic rings. The largest absolute Gasteiger partial charge is 0.369 e. The fraction of sp³-hybridized carbons (Fsp3) is 0.625. The maximum atomic E-state index is 6.06. The van der Waals surface area contributed by atoms with Crippen LogP contribution in [-0.4, -0.2) is 51.2 Å². The highest BCUT2D eigenvalue weighted by atomic mass is 35.5. The van der Waals surface area contributed by atoms with Crippen molar-refractivity contribution < 1.29 is 0 Å². The fourth-order valence-electron chi connectivity index (χ4n) is 2.72. The van der Waals surface area contributed by atoms with Crippen LogP contribution >= 0.6 is 11.6 Å². The minimum atomic E-state index is 0.828. The first kappa shape index (κ1) is 15.6. The normalized spacial score (nSPS) is 16.6. The van der Waals surface area contributed by atoms with Gasteiger partial charge >= 0.3 is 0 Å². The van der Waals surface area contributed by atoms with Gasteiger partial charge in [-0.1, -0.05) is 24.1 Å². The molecule has 1 fully saturated rings. The van der Waals surface area contributed by atoms with E-state index in [4.69, 9.17) is 11.6 Å². The summed E-state index contributed by atoms with van der Waals surface area (Å²) in [6.45, 7) is 6.93. The van der Waals surface area contributed by atoms with E-state index in [1.807, 2.05) is 19.2 Å². The van der Waals surface area contributed by atoms with Crippen LogP contribution < -0.4 is 10.2 Å². The van der Waals surface area contributed by atoms with Crippen LogP contribution in [0.1, 0.15) is 19.3 Å². The third-order valence-electron chi connectivity index (χ3n) is 3.95. The number of piperazine rings is 1. The Labute approximate surface area is 127 Å². The van der Waals surface area contributed by atoms with Gasteiger partial charge in [-0.2, -0.15) is 0 Å². The lowest BCUT2D eigenvalue weighted by Gasteiger charge is -2.36. The molecule has 1 aliphatic rings. The van der Waals surface area contributed by atoms with Gasteiger partial charge in [-0.3, -0.25) is 4.90 Å². The zero-order valence-corrected chi connectivity index (χ0v) is 13.2. The molecule has 3 nitrogen and oxygen atoms in total. The number of anilines is 1. The van der Waals surface area contributed by atoms with E-state index in [1.54, 1.807) is 0 Å². The van der Waals surface area contributed by atoms with Crippen LogP contribution in [0.15, 0.2) is 24.3 Å². The zero-order valence-electron chi connectivity index (χ0n) is 12.4. The predicted octanol–water partition coefficient (Wildman–Crippen LogP) is 2.85. The number of nitrogens with one attached hydrogen (secondary N) is 1. The highest BCUT2D eigenvalue weighted by Gasteiger charge is 2.16. The Kier molecular flexibility index (Phi) is 6.64. The highest BCUT2D eigenvalue weighted by molar-refractivity contribution is 6.30. The molecular formula is C16H26ClN3. The lowest BCUT2D eigenvalue weighted by atomic mass is 10.2. The monoisotopic (exact) mass is 295 g/mol. The van der Waals surface area contributed by atoms with Gasteiger partial charge in [-0.15, -0.1) is 0 Å². The van der Waals surface area contributed by atoms with E-state index in [1.165, 1.54) is 44.6 Å². The van der Waals surface area contributed by atoms with Gasteiger partial charge in [0.1, 0.15) is 0 Å². The lowest BCUT2D eigenvalue weighted by Crippen LogP contribution is -2.46. The van der Waals surface area contributed by atoms with E-state index < -0.39 is 0 Å². The number of hydrogen-bond acceptors (Lipinski definition) is 3. The average molecular weight is 296 g/mol. The van der Waals surface area contributed by atoms with E-state index in [2.05, 4.69) is 27.2 Å². The topological polar surface area (TPSA) is 18.5 Å². The number of unbranched alkanes of at least 4 members (excludes halogenated alkanes) is 2. The summed E-state index contributed by atoms with van der Waals surface area (Å²) in [4.78, 5) is 5.02. The molecule has 0 unspecified atom stereocenters. The maximum absolute atomic E-state index is 6.06. The van der Waals surface area contributed by atoms with E-state index in [9.17, 15) is 0 Å². The van der Waals surface area contributed by atoms with Crippen molar-refractivity contribution in [1.82, 2.24) is 10.2 Å². The summed E-state index contributed by atoms with van der Waals surface area (Å²) >= 11 is 6.06. The molecule has 0 aliphatic carbocycles. The molecule has 1 aromatic carbocycles. The van der Waals surface area contributed by atoms with Gasteiger partial charge in [0.25, 0.3) is 0 Å². The van der Waals surface area contributed by atoms with E-state index in [-0.39, 0.29) is 0 Å². The van der Waals surface area contributed by atoms with Crippen molar-refractivity contribution in [1.29, 1.82) is 0 Å². The highest BCUT2D eigenvalue weighted by Crippen LogP contribution is 2.20. The first-order valence-electron chi connectivity index (χ1n) is 7.67. The summed E-state index contributed by atoms with van der Waals surface area (Å²) in [7, 11) is 2.02. The summed E-state index contributed by atoms with van der Waals surface area (Å²) in [6, 6.07) is 8.19. The van der Waals surface area contributed by atoms with E-state index in [0.29, 0.717) is 0 Å². The summed E-state index contributed by atoms with van der Waals surface area (Å²) < 4.78 is 0. The molecule has 112 valence electrons. The van der Waals surface area contributed by atoms with Crippen LogP contribution in [0.5, 0.6) is 0 Å². The van der Waals surface area contributed by atoms with Gasteiger partial charge in [0.05, 0.1) is 0 Å². The van der Waals surface area contributed by atoms with Gasteiger partial charge in [0.15, 0.2) is 0 Å². The van der Waals surface area contributed by atoms with E-state index in [0.717, 1.165) is 24.7 Å². The Bertz CT molecular complexity index is 389. The fourth-order valence-corrected chi connectivity index (χ4v) is 2.90. The van der Waals surface area contributed by atoms with Crippen LogP contribution in [0, 0.1) is 0 Å². The third kappa shape index (κ3) is 4.97. The molecular weight excluding hydrogens is 270 g/mol. The van der Waals surface area contributed by atoms with Crippen molar-refractivity contribution >= 4 is 17.3 Å². The second-order valence-corrected chi connectivity index (χ2v) is 5.91. The number of benzene rings is 1. The summed E-state index contributed by atoms with van der Waals surface area (Å²) in [5.41, 5.74) is 1.26. The Hall–Kier alpha value is -0.770. The van der Waals surface area contributed by atoms with Gasteiger partial charge in [-0.25, -0.2) is 0 Å². The molecule has 0 bridgehead atoms. The van der Waals surface area contributed by atoms with Crippen LogP contribution in [0.3, 0.4) is 0 Å². The molecule has 1 saturated heterocycles. The molecule has 2 rings (SSSR count). The van der Waals surface area contributed by atoms with Crippen LogP contribution in [-0.2, 0) is 0 Å². The van der Waals surface area contributed by atoms with Gasteiger partial charge in [0.2, 0.25) is 0 Å². The molecule has 0 amide bonds. The number of halogens is 1. The minimum Gasteiger partial charge on any atom is -0.369 e. The van der Waals surface area contributed by atoms with Crippen molar-refractivity contribution in [2.45, 2.75) is 19.3 Å². The molecule has 0 saturated carbocycles. The SMILES string of the molecule is CNCCCCCN1CCN(c2cccc(Cl)c2)CC1. The Balaban J connectivity index is 1.67. The van der Waals surface area contributed by atoms with Gasteiger partial charge in [-0.05, 0) is 51.2 Å². The molecule has 0 aromatic heterocycles. The van der Waals surface area contributed by atoms with Crippen molar-refractivity contribution in [3.8, 4) is 0 Å². The van der Waals surface area contributed by atoms with Crippen LogP contribution in [0.4, 0.5) is 5.69 Å². The Morgan fingerprint density at radius 1 is 1.10 bits per heavy atom. The Morgan fingerprint density at radius 3 is 2.60 bits per heavy atom. The molecule has 1 aliphatic heterocycles. The second kappa shape index (κ2) is 8.50. The van der Waals surface area contributed by atoms with Crippen molar-refractivity contribution in [2.75, 3.05) is 51.2 Å². The van der Waals surface area contributed by atoms with Crippen molar-refractivity contribution in [3.05, 3.63) is 29.3 Å². The molecule has 1 heterocycles. The molecule has 0 spiro atoms. The molecule has 1 N–H and O–H groups in total. The minimum absolute atomic E-state index is 0.828. The maximum Gasteiger partial charge on any atom is 0.0426 e. The molecule has 4 heteroatoms. The van der Waals surface area contributed by atoms with Crippen LogP contribution in [0.25, 0.3) is 0 Å². The van der Waals surface area contributed by atoms with Crippen molar-refractivity contribution in [2.24, 2.45) is 0 Å². The molecule has 0 radical (unpaired) electrons. The number of rotatable bonds is 7. The summed E-state index contributed by atoms with van der Waals surface area (Å²) in [6.07, 6.45) is 3.94. The van der Waals surface area contributed by atoms with Crippen molar-refractivity contribution in [3.63, 3.8) is 0 Å². The smallest absolute Gasteiger partial charge is 0.0426 e. The molecule has 0 atom stereocenters. The van der Waals surface area contributed by atoms with E-state index >= 15 is 0 Å². The van der Waals surface area contributed by atoms with Crippen LogP contribution in [0.2, 0.25) is 5.02 Å². The summed E-state index contributed by atoms with van der Waals surface area (Å²) in [5, 5.41) is 4.03. The quantitative estimate of drug-likeness (QED) is 0.781. The van der Waals surface area contributed by atoms with Gasteiger partial charge in [0, 0.05) is 36.9 Å². The average Bonchev–Trinajstić information content (AvgIpc) is 2.48.